The maximum atomic E-state index is 3.63. The molecule has 2 fully saturated rings. The molecule has 0 spiro atoms. The number of nitrogens with one attached hydrogen (secondary N) is 2. The minimum Gasteiger partial charge on any atom is -0.381 e. The predicted octanol–water partition coefficient (Wildman–Crippen LogP) is 2.45. The number of anilines is 1. The smallest absolute Gasteiger partial charge is 0.0386 e. The second kappa shape index (κ2) is 6.40. The number of nitrogens with zero attached hydrogens (tertiary/aromatic N) is 1. The first-order chi connectivity index (χ1) is 9.40. The van der Waals surface area contributed by atoms with Crippen molar-refractivity contribution in [1.29, 1.82) is 0 Å². The minimum atomic E-state index is 0.596. The van der Waals surface area contributed by atoms with E-state index in [-0.39, 0.29) is 0 Å². The first-order valence-corrected chi connectivity index (χ1v) is 7.69. The second-order valence-electron chi connectivity index (χ2n) is 5.87. The van der Waals surface area contributed by atoms with Crippen LogP contribution in [0, 0.1) is 0 Å². The fourth-order valence-electron chi connectivity index (χ4n) is 3.12. The van der Waals surface area contributed by atoms with E-state index in [1.807, 2.05) is 0 Å². The van der Waals surface area contributed by atoms with Crippen LogP contribution in [0.15, 0.2) is 24.3 Å². The fourth-order valence-corrected chi connectivity index (χ4v) is 3.12. The van der Waals surface area contributed by atoms with Gasteiger partial charge in [0.2, 0.25) is 0 Å². The molecule has 2 N–H and O–H groups in total. The molecule has 0 radical (unpaired) electrons. The van der Waals surface area contributed by atoms with Gasteiger partial charge >= 0.3 is 0 Å². The number of likely N-dealkylation sites (tertiary alicyclic amines) is 1. The highest BCUT2D eigenvalue weighted by Crippen LogP contribution is 2.16. The highest BCUT2D eigenvalue weighted by Gasteiger charge is 2.13. The third-order valence-electron chi connectivity index (χ3n) is 4.23. The van der Waals surface area contributed by atoms with Gasteiger partial charge in [0.1, 0.15) is 0 Å². The summed E-state index contributed by atoms with van der Waals surface area (Å²) < 4.78 is 0. The Bertz CT molecular complexity index is 375. The van der Waals surface area contributed by atoms with Gasteiger partial charge in [-0.1, -0.05) is 12.1 Å². The molecule has 0 aliphatic carbocycles. The summed E-state index contributed by atoms with van der Waals surface area (Å²) in [5.41, 5.74) is 2.70. The molecule has 1 aromatic rings. The SMILES string of the molecule is c1cc(NC2CCCNC2)ccc1CN1CCCC1. The lowest BCUT2D eigenvalue weighted by atomic mass is 10.1. The standard InChI is InChI=1S/C16H25N3/c1-2-11-19(10-1)13-14-5-7-15(8-6-14)18-16-4-3-9-17-12-16/h5-8,16-18H,1-4,9-13H2. The zero-order valence-electron chi connectivity index (χ0n) is 11.7. The van der Waals surface area contributed by atoms with Crippen molar-refractivity contribution in [3.8, 4) is 0 Å². The lowest BCUT2D eigenvalue weighted by Crippen LogP contribution is -2.38. The topological polar surface area (TPSA) is 27.3 Å². The van der Waals surface area contributed by atoms with Crippen molar-refractivity contribution in [3.63, 3.8) is 0 Å². The summed E-state index contributed by atoms with van der Waals surface area (Å²) in [5, 5.41) is 7.07. The van der Waals surface area contributed by atoms with E-state index < -0.39 is 0 Å². The molecule has 3 rings (SSSR count). The molecule has 2 saturated heterocycles. The summed E-state index contributed by atoms with van der Waals surface area (Å²) in [7, 11) is 0. The number of hydrogen-bond acceptors (Lipinski definition) is 3. The van der Waals surface area contributed by atoms with Gasteiger partial charge in [-0.3, -0.25) is 4.90 Å². The van der Waals surface area contributed by atoms with E-state index in [1.165, 1.54) is 56.6 Å². The molecule has 2 aliphatic rings. The predicted molar refractivity (Wildman–Crippen MR) is 80.5 cm³/mol. The lowest BCUT2D eigenvalue weighted by molar-refractivity contribution is 0.331. The highest BCUT2D eigenvalue weighted by molar-refractivity contribution is 5.45. The van der Waals surface area contributed by atoms with Gasteiger partial charge in [0.15, 0.2) is 0 Å². The molecule has 2 aliphatic heterocycles. The van der Waals surface area contributed by atoms with E-state index >= 15 is 0 Å². The average molecular weight is 259 g/mol. The molecule has 3 nitrogen and oxygen atoms in total. The molecule has 19 heavy (non-hydrogen) atoms. The average Bonchev–Trinajstić information content (AvgIpc) is 2.95. The first-order valence-electron chi connectivity index (χ1n) is 7.69. The molecule has 0 aromatic heterocycles. The Morgan fingerprint density at radius 2 is 1.89 bits per heavy atom. The molecule has 0 saturated carbocycles. The molecule has 1 atom stereocenters. The Balaban J connectivity index is 1.52. The van der Waals surface area contributed by atoms with Gasteiger partial charge in [0.25, 0.3) is 0 Å². The monoisotopic (exact) mass is 259 g/mol. The van der Waals surface area contributed by atoms with E-state index in [4.69, 9.17) is 0 Å². The normalized spacial score (nSPS) is 24.5. The number of rotatable bonds is 4. The van der Waals surface area contributed by atoms with Gasteiger partial charge in [0.05, 0.1) is 0 Å². The van der Waals surface area contributed by atoms with E-state index in [0.717, 1.165) is 13.1 Å². The van der Waals surface area contributed by atoms with Crippen LogP contribution in [0.4, 0.5) is 5.69 Å². The number of hydrogen-bond donors (Lipinski definition) is 2. The lowest BCUT2D eigenvalue weighted by Gasteiger charge is -2.25. The molecular weight excluding hydrogens is 234 g/mol. The van der Waals surface area contributed by atoms with Crippen LogP contribution in [-0.2, 0) is 6.54 Å². The van der Waals surface area contributed by atoms with Crippen LogP contribution in [-0.4, -0.2) is 37.1 Å². The molecular formula is C16H25N3. The quantitative estimate of drug-likeness (QED) is 0.869. The Hall–Kier alpha value is -1.06. The molecule has 0 amide bonds. The van der Waals surface area contributed by atoms with Gasteiger partial charge in [-0.15, -0.1) is 0 Å². The van der Waals surface area contributed by atoms with Crippen molar-refractivity contribution in [2.45, 2.75) is 38.3 Å². The second-order valence-corrected chi connectivity index (χ2v) is 5.87. The zero-order valence-corrected chi connectivity index (χ0v) is 11.7. The number of benzene rings is 1. The summed E-state index contributed by atoms with van der Waals surface area (Å²) >= 11 is 0. The van der Waals surface area contributed by atoms with E-state index in [2.05, 4.69) is 39.8 Å². The molecule has 1 aromatic carbocycles. The molecule has 0 bridgehead atoms. The van der Waals surface area contributed by atoms with Crippen LogP contribution in [0.5, 0.6) is 0 Å². The molecule has 3 heteroatoms. The third kappa shape index (κ3) is 3.71. The Morgan fingerprint density at radius 3 is 2.58 bits per heavy atom. The highest BCUT2D eigenvalue weighted by atomic mass is 15.1. The molecule has 104 valence electrons. The van der Waals surface area contributed by atoms with Crippen molar-refractivity contribution in [3.05, 3.63) is 29.8 Å². The maximum Gasteiger partial charge on any atom is 0.0386 e. The third-order valence-corrected chi connectivity index (χ3v) is 4.23. The summed E-state index contributed by atoms with van der Waals surface area (Å²) in [6, 6.07) is 9.62. The molecule has 2 heterocycles. The Kier molecular flexibility index (Phi) is 4.36. The first kappa shape index (κ1) is 12.9. The van der Waals surface area contributed by atoms with Crippen LogP contribution in [0.25, 0.3) is 0 Å². The van der Waals surface area contributed by atoms with E-state index in [1.54, 1.807) is 0 Å². The van der Waals surface area contributed by atoms with Gasteiger partial charge in [-0.05, 0) is 63.0 Å². The van der Waals surface area contributed by atoms with E-state index in [0.29, 0.717) is 6.04 Å². The van der Waals surface area contributed by atoms with Crippen molar-refractivity contribution >= 4 is 5.69 Å². The summed E-state index contributed by atoms with van der Waals surface area (Å²) in [4.78, 5) is 2.55. The van der Waals surface area contributed by atoms with Gasteiger partial charge in [-0.2, -0.15) is 0 Å². The number of piperidine rings is 1. The zero-order chi connectivity index (χ0) is 12.9. The summed E-state index contributed by atoms with van der Waals surface area (Å²) in [6.45, 7) is 5.93. The van der Waals surface area contributed by atoms with E-state index in [9.17, 15) is 0 Å². The minimum absolute atomic E-state index is 0.596. The summed E-state index contributed by atoms with van der Waals surface area (Å²) in [6.07, 6.45) is 5.30. The van der Waals surface area contributed by atoms with Crippen LogP contribution >= 0.6 is 0 Å². The van der Waals surface area contributed by atoms with Gasteiger partial charge in [-0.25, -0.2) is 0 Å². The Labute approximate surface area is 116 Å². The van der Waals surface area contributed by atoms with Crippen LogP contribution < -0.4 is 10.6 Å². The van der Waals surface area contributed by atoms with Crippen LogP contribution in [0.1, 0.15) is 31.2 Å². The largest absolute Gasteiger partial charge is 0.381 e. The van der Waals surface area contributed by atoms with Crippen molar-refractivity contribution in [1.82, 2.24) is 10.2 Å². The Morgan fingerprint density at radius 1 is 1.11 bits per heavy atom. The summed E-state index contributed by atoms with van der Waals surface area (Å²) in [5.74, 6) is 0. The van der Waals surface area contributed by atoms with Crippen molar-refractivity contribution in [2.24, 2.45) is 0 Å². The van der Waals surface area contributed by atoms with Gasteiger partial charge in [0, 0.05) is 24.8 Å². The maximum absolute atomic E-state index is 3.63. The fraction of sp³-hybridized carbons (Fsp3) is 0.625. The van der Waals surface area contributed by atoms with Crippen molar-refractivity contribution in [2.75, 3.05) is 31.5 Å². The molecule has 1 unspecified atom stereocenters. The van der Waals surface area contributed by atoms with Crippen LogP contribution in [0.3, 0.4) is 0 Å². The van der Waals surface area contributed by atoms with Gasteiger partial charge < -0.3 is 10.6 Å². The van der Waals surface area contributed by atoms with Crippen molar-refractivity contribution < 1.29 is 0 Å². The van der Waals surface area contributed by atoms with Crippen LogP contribution in [0.2, 0.25) is 0 Å².